The second-order valence-electron chi connectivity index (χ2n) is 3.77. The molecule has 90 valence electrons. The van der Waals surface area contributed by atoms with E-state index in [0.29, 0.717) is 0 Å². The first-order valence-electron chi connectivity index (χ1n) is 5.51. The van der Waals surface area contributed by atoms with Crippen molar-refractivity contribution in [3.8, 4) is 0 Å². The maximum absolute atomic E-state index is 4.45. The van der Waals surface area contributed by atoms with E-state index in [9.17, 15) is 0 Å². The lowest BCUT2D eigenvalue weighted by molar-refractivity contribution is 0.857. The number of hydrogen-bond donors (Lipinski definition) is 1. The summed E-state index contributed by atoms with van der Waals surface area (Å²) in [6.45, 7) is 4.18. The molecule has 2 heterocycles. The van der Waals surface area contributed by atoms with Crippen LogP contribution in [0.2, 0.25) is 0 Å². The van der Waals surface area contributed by atoms with E-state index in [2.05, 4.69) is 55.0 Å². The minimum atomic E-state index is 0.257. The van der Waals surface area contributed by atoms with Crippen LogP contribution < -0.4 is 5.32 Å². The highest BCUT2D eigenvalue weighted by Gasteiger charge is 2.08. The molecule has 2 aromatic rings. The molecule has 0 aliphatic carbocycles. The molecule has 0 aliphatic heterocycles. The van der Waals surface area contributed by atoms with Crippen LogP contribution >= 0.6 is 27.3 Å². The van der Waals surface area contributed by atoms with Gasteiger partial charge in [0.1, 0.15) is 16.2 Å². The largest absolute Gasteiger partial charge is 0.363 e. The van der Waals surface area contributed by atoms with Gasteiger partial charge in [-0.1, -0.05) is 6.92 Å². The topological polar surface area (TPSA) is 37.8 Å². The lowest BCUT2D eigenvalue weighted by Crippen LogP contribution is -2.08. The second-order valence-corrected chi connectivity index (χ2v) is 5.36. The van der Waals surface area contributed by atoms with Crippen molar-refractivity contribution in [2.24, 2.45) is 0 Å². The molecule has 3 nitrogen and oxygen atoms in total. The Kier molecular flexibility index (Phi) is 4.12. The number of halogens is 1. The zero-order valence-corrected chi connectivity index (χ0v) is 12.2. The van der Waals surface area contributed by atoms with Gasteiger partial charge in [0.05, 0.1) is 6.04 Å². The van der Waals surface area contributed by atoms with E-state index in [4.69, 9.17) is 0 Å². The normalized spacial score (nSPS) is 12.4. The molecule has 0 aromatic carbocycles. The average Bonchev–Trinajstić information content (AvgIpc) is 2.81. The van der Waals surface area contributed by atoms with Crippen molar-refractivity contribution in [1.29, 1.82) is 0 Å². The van der Waals surface area contributed by atoms with Crippen LogP contribution in [0.25, 0.3) is 0 Å². The number of anilines is 1. The van der Waals surface area contributed by atoms with Gasteiger partial charge in [0, 0.05) is 12.5 Å². The average molecular weight is 312 g/mol. The Balaban J connectivity index is 2.15. The van der Waals surface area contributed by atoms with Crippen LogP contribution in [0, 0.1) is 0 Å². The maximum atomic E-state index is 4.45. The molecule has 0 saturated carbocycles. The second kappa shape index (κ2) is 5.60. The highest BCUT2D eigenvalue weighted by molar-refractivity contribution is 9.10. The zero-order chi connectivity index (χ0) is 12.3. The first-order valence-corrected chi connectivity index (χ1v) is 7.24. The van der Waals surface area contributed by atoms with Crippen LogP contribution in [0.1, 0.15) is 31.3 Å². The molecule has 0 bridgehead atoms. The van der Waals surface area contributed by atoms with Crippen LogP contribution in [0.4, 0.5) is 5.82 Å². The van der Waals surface area contributed by atoms with E-state index < -0.39 is 0 Å². The van der Waals surface area contributed by atoms with Crippen LogP contribution in [0.15, 0.2) is 27.5 Å². The third kappa shape index (κ3) is 3.26. The number of aryl methyl sites for hydroxylation is 1. The lowest BCUT2D eigenvalue weighted by atomic mass is 10.2. The fourth-order valence-corrected chi connectivity index (χ4v) is 2.70. The van der Waals surface area contributed by atoms with Crippen molar-refractivity contribution in [1.82, 2.24) is 9.97 Å². The molecule has 0 fully saturated rings. The number of nitrogens with zero attached hydrogens (tertiary/aromatic N) is 2. The van der Waals surface area contributed by atoms with Crippen molar-refractivity contribution in [2.45, 2.75) is 26.3 Å². The summed E-state index contributed by atoms with van der Waals surface area (Å²) in [6.07, 6.45) is 0.834. The zero-order valence-electron chi connectivity index (χ0n) is 9.77. The molecule has 5 heteroatoms. The summed E-state index contributed by atoms with van der Waals surface area (Å²) >= 11 is 5.11. The summed E-state index contributed by atoms with van der Waals surface area (Å²) in [7, 11) is 0. The van der Waals surface area contributed by atoms with E-state index >= 15 is 0 Å². The third-order valence-electron chi connectivity index (χ3n) is 2.46. The Morgan fingerprint density at radius 1 is 1.47 bits per heavy atom. The summed E-state index contributed by atoms with van der Waals surface area (Å²) < 4.78 is 0.823. The Hall–Kier alpha value is -0.940. The first kappa shape index (κ1) is 12.5. The smallest absolute Gasteiger partial charge is 0.131 e. The van der Waals surface area contributed by atoms with Crippen molar-refractivity contribution >= 4 is 33.1 Å². The monoisotopic (exact) mass is 311 g/mol. The fourth-order valence-electron chi connectivity index (χ4n) is 1.52. The predicted octanol–water partition coefficient (Wildman–Crippen LogP) is 4.04. The van der Waals surface area contributed by atoms with Gasteiger partial charge in [-0.3, -0.25) is 0 Å². The van der Waals surface area contributed by atoms with Crippen molar-refractivity contribution in [3.63, 3.8) is 0 Å². The molecule has 1 unspecified atom stereocenters. The molecular weight excluding hydrogens is 298 g/mol. The number of aromatic nitrogens is 2. The summed E-state index contributed by atoms with van der Waals surface area (Å²) in [5.74, 6) is 1.71. The minimum Gasteiger partial charge on any atom is -0.363 e. The van der Waals surface area contributed by atoms with E-state index in [-0.39, 0.29) is 6.04 Å². The van der Waals surface area contributed by atoms with Crippen LogP contribution in [-0.2, 0) is 6.42 Å². The number of hydrogen-bond acceptors (Lipinski definition) is 4. The van der Waals surface area contributed by atoms with Gasteiger partial charge in [0.15, 0.2) is 0 Å². The molecule has 0 radical (unpaired) electrons. The summed E-state index contributed by atoms with van der Waals surface area (Å²) in [5.41, 5.74) is 1.28. The molecule has 2 aromatic heterocycles. The van der Waals surface area contributed by atoms with Crippen molar-refractivity contribution in [2.75, 3.05) is 5.32 Å². The van der Waals surface area contributed by atoms with E-state index in [1.807, 2.05) is 13.0 Å². The number of thiophene rings is 1. The van der Waals surface area contributed by atoms with Gasteiger partial charge in [-0.2, -0.15) is 11.3 Å². The summed E-state index contributed by atoms with van der Waals surface area (Å²) in [4.78, 5) is 8.74. The van der Waals surface area contributed by atoms with Gasteiger partial charge >= 0.3 is 0 Å². The minimum absolute atomic E-state index is 0.257. The Morgan fingerprint density at radius 3 is 2.94 bits per heavy atom. The predicted molar refractivity (Wildman–Crippen MR) is 75.5 cm³/mol. The highest BCUT2D eigenvalue weighted by Crippen LogP contribution is 2.21. The standard InChI is InChI=1S/C12H14BrN3S/c1-3-11-15-10(13)6-12(16-11)14-8(2)9-4-5-17-7-9/h4-8H,3H2,1-2H3,(H,14,15,16). The molecule has 0 saturated heterocycles. The molecule has 1 N–H and O–H groups in total. The number of nitrogens with one attached hydrogen (secondary N) is 1. The number of rotatable bonds is 4. The van der Waals surface area contributed by atoms with Gasteiger partial charge in [-0.05, 0) is 45.2 Å². The Bertz CT molecular complexity index is 485. The maximum Gasteiger partial charge on any atom is 0.131 e. The highest BCUT2D eigenvalue weighted by atomic mass is 79.9. The molecule has 0 spiro atoms. The van der Waals surface area contributed by atoms with Gasteiger partial charge in [0.25, 0.3) is 0 Å². The lowest BCUT2D eigenvalue weighted by Gasteiger charge is -2.13. The molecule has 2 rings (SSSR count). The van der Waals surface area contributed by atoms with Gasteiger partial charge in [-0.25, -0.2) is 9.97 Å². The SMILES string of the molecule is CCc1nc(Br)cc(NC(C)c2ccsc2)n1. The van der Waals surface area contributed by atoms with Crippen molar-refractivity contribution < 1.29 is 0 Å². The summed E-state index contributed by atoms with van der Waals surface area (Å²) in [5, 5.41) is 7.62. The van der Waals surface area contributed by atoms with Crippen LogP contribution in [0.3, 0.4) is 0 Å². The molecule has 17 heavy (non-hydrogen) atoms. The van der Waals surface area contributed by atoms with Crippen molar-refractivity contribution in [3.05, 3.63) is 38.9 Å². The van der Waals surface area contributed by atoms with E-state index in [0.717, 1.165) is 22.7 Å². The molecule has 0 aliphatic rings. The fraction of sp³-hybridized carbons (Fsp3) is 0.333. The van der Waals surface area contributed by atoms with E-state index in [1.165, 1.54) is 5.56 Å². The first-order chi connectivity index (χ1) is 8.19. The van der Waals surface area contributed by atoms with Gasteiger partial charge in [-0.15, -0.1) is 0 Å². The van der Waals surface area contributed by atoms with Crippen LogP contribution in [0.5, 0.6) is 0 Å². The molecule has 0 amide bonds. The third-order valence-corrected chi connectivity index (χ3v) is 3.57. The molecular formula is C12H14BrN3S. The Labute approximate surface area is 113 Å². The Morgan fingerprint density at radius 2 is 2.29 bits per heavy atom. The molecule has 1 atom stereocenters. The quantitative estimate of drug-likeness (QED) is 0.866. The van der Waals surface area contributed by atoms with E-state index in [1.54, 1.807) is 11.3 Å². The summed E-state index contributed by atoms with van der Waals surface area (Å²) in [6, 6.07) is 4.29. The van der Waals surface area contributed by atoms with Gasteiger partial charge in [0.2, 0.25) is 0 Å². The van der Waals surface area contributed by atoms with Crippen LogP contribution in [-0.4, -0.2) is 9.97 Å². The van der Waals surface area contributed by atoms with Gasteiger partial charge < -0.3 is 5.32 Å².